The summed E-state index contributed by atoms with van der Waals surface area (Å²) in [6.45, 7) is 0.865. The van der Waals surface area contributed by atoms with Crippen LogP contribution in [0.2, 0.25) is 5.02 Å². The van der Waals surface area contributed by atoms with Crippen molar-refractivity contribution in [2.75, 3.05) is 19.8 Å². The van der Waals surface area contributed by atoms with E-state index in [9.17, 15) is 10.3 Å². The van der Waals surface area contributed by atoms with Crippen molar-refractivity contribution in [3.05, 3.63) is 139 Å². The molecule has 4 aromatic rings. The quantitative estimate of drug-likeness (QED) is 0.0420. The highest BCUT2D eigenvalue weighted by Gasteiger charge is 2.54. The lowest BCUT2D eigenvalue weighted by atomic mass is 9.81. The maximum atomic E-state index is 14.4. The number of nitrogens with one attached hydrogen (secondary N) is 2. The number of hydrazine groups is 1. The number of aliphatic hydroxyl groups is 1. The van der Waals surface area contributed by atoms with E-state index < -0.39 is 17.6 Å². The molecule has 0 spiro atoms. The second-order valence-electron chi connectivity index (χ2n) is 10.6. The highest BCUT2D eigenvalue weighted by Crippen LogP contribution is 2.45. The van der Waals surface area contributed by atoms with Crippen LogP contribution < -0.4 is 15.6 Å². The molecule has 0 radical (unpaired) electrons. The SMILES string of the molecule is [N-]=[N+]=Nc1ccccc1C[C@]1(C(=O)NNCCc2cccc(Cl)c2)N=C(c2ccc(OCCCO)cc2)O[C@H]1c1ccccc1Br. The lowest BCUT2D eigenvalue weighted by Crippen LogP contribution is -2.54. The van der Waals surface area contributed by atoms with Gasteiger partial charge in [0.05, 0.1) is 6.61 Å². The van der Waals surface area contributed by atoms with E-state index in [-0.39, 0.29) is 18.9 Å². The first kappa shape index (κ1) is 33.0. The summed E-state index contributed by atoms with van der Waals surface area (Å²) in [7, 11) is 0. The molecule has 1 amide bonds. The molecule has 2 atom stereocenters. The number of rotatable bonds is 14. The van der Waals surface area contributed by atoms with E-state index in [0.29, 0.717) is 53.6 Å². The smallest absolute Gasteiger partial charge is 0.266 e. The van der Waals surface area contributed by atoms with Crippen LogP contribution in [0, 0.1) is 0 Å². The van der Waals surface area contributed by atoms with Gasteiger partial charge in [0, 0.05) is 57.2 Å². The molecule has 4 aromatic carbocycles. The first-order valence-corrected chi connectivity index (χ1v) is 15.9. The van der Waals surface area contributed by atoms with Crippen LogP contribution in [0.1, 0.15) is 34.8 Å². The van der Waals surface area contributed by atoms with Crippen molar-refractivity contribution in [2.45, 2.75) is 30.9 Å². The second-order valence-corrected chi connectivity index (χ2v) is 11.9. The monoisotopic (exact) mass is 702 g/mol. The molecule has 1 aliphatic heterocycles. The minimum absolute atomic E-state index is 0.0432. The molecule has 1 heterocycles. The summed E-state index contributed by atoms with van der Waals surface area (Å²) in [4.78, 5) is 22.5. The molecule has 10 nitrogen and oxygen atoms in total. The number of aliphatic imine (C=N–C) groups is 1. The van der Waals surface area contributed by atoms with Gasteiger partial charge in [-0.05, 0) is 65.5 Å². The number of nitrogens with zero attached hydrogens (tertiary/aromatic N) is 4. The summed E-state index contributed by atoms with van der Waals surface area (Å²) < 4.78 is 13.0. The van der Waals surface area contributed by atoms with Gasteiger partial charge in [0.1, 0.15) is 5.75 Å². The van der Waals surface area contributed by atoms with Gasteiger partial charge in [-0.1, -0.05) is 87.2 Å². The Morgan fingerprint density at radius 1 is 1.09 bits per heavy atom. The van der Waals surface area contributed by atoms with Crippen molar-refractivity contribution in [3.8, 4) is 5.75 Å². The summed E-state index contributed by atoms with van der Waals surface area (Å²) >= 11 is 9.80. The van der Waals surface area contributed by atoms with Gasteiger partial charge in [-0.15, -0.1) is 0 Å². The molecule has 0 aliphatic carbocycles. The maximum Gasteiger partial charge on any atom is 0.266 e. The predicted octanol–water partition coefficient (Wildman–Crippen LogP) is 7.17. The Morgan fingerprint density at radius 3 is 2.63 bits per heavy atom. The Bertz CT molecular complexity index is 1750. The number of aliphatic hydroxyl groups excluding tert-OH is 1. The van der Waals surface area contributed by atoms with Crippen molar-refractivity contribution in [2.24, 2.45) is 10.1 Å². The van der Waals surface area contributed by atoms with Crippen LogP contribution in [0.15, 0.2) is 112 Å². The number of halogens is 2. The third-order valence-corrected chi connectivity index (χ3v) is 8.41. The molecule has 46 heavy (non-hydrogen) atoms. The fourth-order valence-electron chi connectivity index (χ4n) is 5.19. The van der Waals surface area contributed by atoms with E-state index in [1.54, 1.807) is 24.3 Å². The third-order valence-electron chi connectivity index (χ3n) is 7.45. The van der Waals surface area contributed by atoms with Crippen LogP contribution in [-0.2, 0) is 22.4 Å². The number of hydrogen-bond acceptors (Lipinski definition) is 7. The number of ether oxygens (including phenoxy) is 2. The maximum absolute atomic E-state index is 14.4. The predicted molar refractivity (Wildman–Crippen MR) is 181 cm³/mol. The van der Waals surface area contributed by atoms with Crippen LogP contribution in [0.25, 0.3) is 10.4 Å². The first-order valence-electron chi connectivity index (χ1n) is 14.7. The van der Waals surface area contributed by atoms with Crippen LogP contribution in [0.3, 0.4) is 0 Å². The Morgan fingerprint density at radius 2 is 1.87 bits per heavy atom. The van der Waals surface area contributed by atoms with Crippen LogP contribution >= 0.6 is 27.5 Å². The molecule has 3 N–H and O–H groups in total. The third kappa shape index (κ3) is 7.88. The van der Waals surface area contributed by atoms with Crippen molar-refractivity contribution < 1.29 is 19.4 Å². The van der Waals surface area contributed by atoms with E-state index in [1.165, 1.54) is 0 Å². The fraction of sp³-hybridized carbons (Fsp3) is 0.235. The number of benzene rings is 4. The molecular formula is C34H32BrClN6O4. The number of azide groups is 1. The van der Waals surface area contributed by atoms with Gasteiger partial charge in [-0.3, -0.25) is 10.2 Å². The molecule has 12 heteroatoms. The Kier molecular flexibility index (Phi) is 11.3. The molecule has 0 bridgehead atoms. The zero-order valence-corrected chi connectivity index (χ0v) is 27.1. The zero-order valence-electron chi connectivity index (χ0n) is 24.8. The first-order chi connectivity index (χ1) is 22.4. The van der Waals surface area contributed by atoms with Crippen LogP contribution in [0.4, 0.5) is 5.69 Å². The number of amides is 1. The summed E-state index contributed by atoms with van der Waals surface area (Å²) in [6, 6.07) is 29.4. The van der Waals surface area contributed by atoms with E-state index in [2.05, 4.69) is 36.8 Å². The van der Waals surface area contributed by atoms with Crippen LogP contribution in [0.5, 0.6) is 5.75 Å². The summed E-state index contributed by atoms with van der Waals surface area (Å²) in [6.07, 6.45) is 0.362. The molecule has 0 unspecified atom stereocenters. The van der Waals surface area contributed by atoms with E-state index >= 15 is 0 Å². The Labute approximate surface area is 280 Å². The molecular weight excluding hydrogens is 672 g/mol. The van der Waals surface area contributed by atoms with Gasteiger partial charge >= 0.3 is 0 Å². The van der Waals surface area contributed by atoms with Gasteiger partial charge in [0.25, 0.3) is 5.91 Å². The molecule has 1 aliphatic rings. The van der Waals surface area contributed by atoms with Crippen LogP contribution in [-0.4, -0.2) is 42.2 Å². The molecule has 0 fully saturated rings. The average molecular weight is 704 g/mol. The van der Waals surface area contributed by atoms with Gasteiger partial charge in [0.2, 0.25) is 5.90 Å². The van der Waals surface area contributed by atoms with Crippen molar-refractivity contribution in [1.29, 1.82) is 0 Å². The van der Waals surface area contributed by atoms with Gasteiger partial charge < -0.3 is 14.6 Å². The minimum Gasteiger partial charge on any atom is -0.494 e. The van der Waals surface area contributed by atoms with Crippen molar-refractivity contribution >= 4 is 45.0 Å². The average Bonchev–Trinajstić information content (AvgIpc) is 3.45. The topological polar surface area (TPSA) is 141 Å². The lowest BCUT2D eigenvalue weighted by Gasteiger charge is -2.31. The van der Waals surface area contributed by atoms with Gasteiger partial charge in [0.15, 0.2) is 11.6 Å². The van der Waals surface area contributed by atoms with Gasteiger partial charge in [-0.25, -0.2) is 10.4 Å². The van der Waals surface area contributed by atoms with E-state index in [4.69, 9.17) is 31.2 Å². The van der Waals surface area contributed by atoms with Crippen molar-refractivity contribution in [1.82, 2.24) is 10.9 Å². The second kappa shape index (κ2) is 15.8. The molecule has 0 aromatic heterocycles. The standard InChI is InChI=1S/C34H32BrClN6O4/c35-29-11-3-2-10-28(29)31-34(22-25-8-1-4-12-30(25)40-42-37,33(44)41-38-18-17-23-7-5-9-26(36)21-23)39-32(46-31)24-13-15-27(16-14-24)45-20-6-19-43/h1-5,7-16,21,31,38,43H,6,17-20,22H2,(H,41,44)/t31-,34-/m0/s1. The molecule has 5 rings (SSSR count). The minimum atomic E-state index is -1.51. The van der Waals surface area contributed by atoms with Gasteiger partial charge in [-0.2, -0.15) is 0 Å². The Balaban J connectivity index is 1.53. The zero-order chi connectivity index (χ0) is 32.4. The lowest BCUT2D eigenvalue weighted by molar-refractivity contribution is -0.130. The van der Waals surface area contributed by atoms with E-state index in [1.807, 2.05) is 72.8 Å². The largest absolute Gasteiger partial charge is 0.494 e. The molecule has 0 saturated carbocycles. The van der Waals surface area contributed by atoms with Crippen molar-refractivity contribution in [3.63, 3.8) is 0 Å². The Hall–Kier alpha value is -4.38. The summed E-state index contributed by atoms with van der Waals surface area (Å²) in [5.41, 5.74) is 17.1. The summed E-state index contributed by atoms with van der Waals surface area (Å²) in [5, 5.41) is 13.6. The number of carbonyl (C=O) groups is 1. The normalized spacial score (nSPS) is 17.0. The molecule has 236 valence electrons. The fourth-order valence-corrected chi connectivity index (χ4v) is 5.90. The summed E-state index contributed by atoms with van der Waals surface area (Å²) in [5.74, 6) is 0.487. The number of hydrogen-bond donors (Lipinski definition) is 3. The highest BCUT2D eigenvalue weighted by molar-refractivity contribution is 9.10. The van der Waals surface area contributed by atoms with E-state index in [0.717, 1.165) is 15.6 Å². The molecule has 0 saturated heterocycles. The number of carbonyl (C=O) groups excluding carboxylic acids is 1. The highest BCUT2D eigenvalue weighted by atomic mass is 79.9.